The van der Waals surface area contributed by atoms with E-state index in [0.717, 1.165) is 50.5 Å². The summed E-state index contributed by atoms with van der Waals surface area (Å²) in [6, 6.07) is 10.5. The van der Waals surface area contributed by atoms with Gasteiger partial charge in [0, 0.05) is 35.9 Å². The summed E-state index contributed by atoms with van der Waals surface area (Å²) in [4.78, 5) is 4.81. The standard InChI is InChI=1S/C22H28N4O/c1-4-11-26-17(3)20(16(2)24-26)13-25-15-23-21(18-8-6-5-7-9-18)22(25)19-10-12-27-14-19/h5-9,15,19H,4,10-14H2,1-3H3/t19-/m1/s1. The molecule has 5 nitrogen and oxygen atoms in total. The van der Waals surface area contributed by atoms with Crippen molar-refractivity contribution >= 4 is 0 Å². The molecule has 0 unspecified atom stereocenters. The maximum Gasteiger partial charge on any atom is 0.0959 e. The molecule has 0 spiro atoms. The molecule has 1 fully saturated rings. The molecule has 0 radical (unpaired) electrons. The molecule has 1 aliphatic heterocycles. The summed E-state index contributed by atoms with van der Waals surface area (Å²) in [5.41, 5.74) is 7.24. The number of imidazole rings is 1. The molecule has 1 atom stereocenters. The topological polar surface area (TPSA) is 44.9 Å². The van der Waals surface area contributed by atoms with Gasteiger partial charge in [-0.2, -0.15) is 5.10 Å². The fourth-order valence-corrected chi connectivity index (χ4v) is 4.08. The third kappa shape index (κ3) is 3.44. The number of rotatable bonds is 6. The van der Waals surface area contributed by atoms with Crippen LogP contribution in [0.1, 0.15) is 48.3 Å². The first-order valence-corrected chi connectivity index (χ1v) is 9.90. The summed E-state index contributed by atoms with van der Waals surface area (Å²) in [7, 11) is 0. The van der Waals surface area contributed by atoms with Crippen molar-refractivity contribution < 1.29 is 4.74 Å². The molecule has 1 aliphatic rings. The van der Waals surface area contributed by atoms with E-state index in [1.54, 1.807) is 0 Å². The second-order valence-electron chi connectivity index (χ2n) is 7.41. The summed E-state index contributed by atoms with van der Waals surface area (Å²) in [5.74, 6) is 0.397. The maximum absolute atomic E-state index is 5.70. The van der Waals surface area contributed by atoms with Crippen LogP contribution in [0.25, 0.3) is 11.3 Å². The molecule has 1 aromatic carbocycles. The van der Waals surface area contributed by atoms with Crippen LogP contribution in [-0.4, -0.2) is 32.5 Å². The summed E-state index contributed by atoms with van der Waals surface area (Å²) >= 11 is 0. The number of hydrogen-bond donors (Lipinski definition) is 0. The van der Waals surface area contributed by atoms with Crippen molar-refractivity contribution in [3.05, 3.63) is 59.3 Å². The predicted octanol–water partition coefficient (Wildman–Crippen LogP) is 4.33. The number of aromatic nitrogens is 4. The SMILES string of the molecule is CCCn1nc(C)c(Cn2cnc(-c3ccccc3)c2[C@@H]2CCOC2)c1C. The summed E-state index contributed by atoms with van der Waals surface area (Å²) in [6.07, 6.45) is 4.14. The lowest BCUT2D eigenvalue weighted by molar-refractivity contribution is 0.193. The fraction of sp³-hybridized carbons (Fsp3) is 0.455. The lowest BCUT2D eigenvalue weighted by Gasteiger charge is -2.15. The minimum absolute atomic E-state index is 0.397. The quantitative estimate of drug-likeness (QED) is 0.654. The first-order valence-electron chi connectivity index (χ1n) is 9.90. The zero-order valence-corrected chi connectivity index (χ0v) is 16.5. The van der Waals surface area contributed by atoms with Crippen molar-refractivity contribution in [2.75, 3.05) is 13.2 Å². The van der Waals surface area contributed by atoms with Crippen LogP contribution in [-0.2, 0) is 17.8 Å². The molecule has 3 aromatic rings. The van der Waals surface area contributed by atoms with Gasteiger partial charge >= 0.3 is 0 Å². The van der Waals surface area contributed by atoms with Crippen molar-refractivity contribution in [2.24, 2.45) is 0 Å². The van der Waals surface area contributed by atoms with Crippen molar-refractivity contribution in [3.8, 4) is 11.3 Å². The Morgan fingerprint density at radius 1 is 1.19 bits per heavy atom. The molecule has 0 N–H and O–H groups in total. The summed E-state index contributed by atoms with van der Waals surface area (Å²) in [5, 5.41) is 4.75. The van der Waals surface area contributed by atoms with Gasteiger partial charge in [0.1, 0.15) is 0 Å². The van der Waals surface area contributed by atoms with E-state index in [2.05, 4.69) is 54.3 Å². The van der Waals surface area contributed by atoms with E-state index in [-0.39, 0.29) is 0 Å². The molecule has 0 bridgehead atoms. The van der Waals surface area contributed by atoms with Crippen LogP contribution in [0, 0.1) is 13.8 Å². The summed E-state index contributed by atoms with van der Waals surface area (Å²) < 4.78 is 10.2. The molecule has 5 heteroatoms. The number of benzene rings is 1. The highest BCUT2D eigenvalue weighted by Crippen LogP contribution is 2.34. The van der Waals surface area contributed by atoms with Crippen LogP contribution in [0.15, 0.2) is 36.7 Å². The van der Waals surface area contributed by atoms with E-state index < -0.39 is 0 Å². The Bertz CT molecular complexity index is 904. The molecule has 4 rings (SSSR count). The third-order valence-electron chi connectivity index (χ3n) is 5.54. The highest BCUT2D eigenvalue weighted by molar-refractivity contribution is 5.62. The molecular weight excluding hydrogens is 336 g/mol. The van der Waals surface area contributed by atoms with E-state index in [9.17, 15) is 0 Å². The smallest absolute Gasteiger partial charge is 0.0959 e. The average molecular weight is 364 g/mol. The highest BCUT2D eigenvalue weighted by Gasteiger charge is 2.26. The zero-order chi connectivity index (χ0) is 18.8. The first kappa shape index (κ1) is 18.0. The Balaban J connectivity index is 1.74. The molecule has 0 amide bonds. The maximum atomic E-state index is 5.70. The Morgan fingerprint density at radius 3 is 2.70 bits per heavy atom. The number of aryl methyl sites for hydroxylation is 2. The van der Waals surface area contributed by atoms with E-state index in [1.165, 1.54) is 22.5 Å². The van der Waals surface area contributed by atoms with E-state index in [0.29, 0.717) is 5.92 Å². The van der Waals surface area contributed by atoms with Gasteiger partial charge in [0.25, 0.3) is 0 Å². The van der Waals surface area contributed by atoms with Crippen molar-refractivity contribution in [1.82, 2.24) is 19.3 Å². The van der Waals surface area contributed by atoms with Crippen molar-refractivity contribution in [2.45, 2.75) is 52.6 Å². The van der Waals surface area contributed by atoms with E-state index in [4.69, 9.17) is 14.8 Å². The Kier molecular flexibility index (Phi) is 5.12. The minimum Gasteiger partial charge on any atom is -0.381 e. The Hall–Kier alpha value is -2.40. The van der Waals surface area contributed by atoms with E-state index in [1.807, 2.05) is 12.4 Å². The molecule has 2 aromatic heterocycles. The van der Waals surface area contributed by atoms with Crippen LogP contribution >= 0.6 is 0 Å². The molecule has 3 heterocycles. The molecule has 0 saturated carbocycles. The van der Waals surface area contributed by atoms with Crippen LogP contribution in [0.4, 0.5) is 0 Å². The lowest BCUT2D eigenvalue weighted by Crippen LogP contribution is -2.11. The number of hydrogen-bond acceptors (Lipinski definition) is 3. The zero-order valence-electron chi connectivity index (χ0n) is 16.5. The van der Waals surface area contributed by atoms with Gasteiger partial charge in [-0.15, -0.1) is 0 Å². The normalized spacial score (nSPS) is 16.9. The number of ether oxygens (including phenoxy) is 1. The lowest BCUT2D eigenvalue weighted by atomic mass is 9.99. The van der Waals surface area contributed by atoms with E-state index >= 15 is 0 Å². The van der Waals surface area contributed by atoms with Gasteiger partial charge in [0.2, 0.25) is 0 Å². The van der Waals surface area contributed by atoms with Crippen LogP contribution in [0.2, 0.25) is 0 Å². The summed E-state index contributed by atoms with van der Waals surface area (Å²) in [6.45, 7) is 9.87. The molecule has 0 aliphatic carbocycles. The Labute approximate surface area is 161 Å². The molecule has 142 valence electrons. The minimum atomic E-state index is 0.397. The van der Waals surface area contributed by atoms with Crippen molar-refractivity contribution in [3.63, 3.8) is 0 Å². The average Bonchev–Trinajstić information content (AvgIpc) is 3.39. The molecule has 1 saturated heterocycles. The second kappa shape index (κ2) is 7.69. The van der Waals surface area contributed by atoms with Crippen LogP contribution < -0.4 is 0 Å². The van der Waals surface area contributed by atoms with Gasteiger partial charge in [-0.3, -0.25) is 4.68 Å². The number of nitrogens with zero attached hydrogens (tertiary/aromatic N) is 4. The van der Waals surface area contributed by atoms with Gasteiger partial charge in [-0.25, -0.2) is 4.98 Å². The van der Waals surface area contributed by atoms with Crippen molar-refractivity contribution in [1.29, 1.82) is 0 Å². The molecule has 27 heavy (non-hydrogen) atoms. The van der Waals surface area contributed by atoms with Crippen LogP contribution in [0.5, 0.6) is 0 Å². The second-order valence-corrected chi connectivity index (χ2v) is 7.41. The monoisotopic (exact) mass is 364 g/mol. The Morgan fingerprint density at radius 2 is 2.00 bits per heavy atom. The highest BCUT2D eigenvalue weighted by atomic mass is 16.5. The first-order chi connectivity index (χ1) is 13.2. The van der Waals surface area contributed by atoms with Gasteiger partial charge in [0.05, 0.1) is 36.6 Å². The van der Waals surface area contributed by atoms with Gasteiger partial charge < -0.3 is 9.30 Å². The third-order valence-corrected chi connectivity index (χ3v) is 5.54. The van der Waals surface area contributed by atoms with Gasteiger partial charge in [-0.05, 0) is 26.7 Å². The van der Waals surface area contributed by atoms with Crippen LogP contribution in [0.3, 0.4) is 0 Å². The molecular formula is C22H28N4O. The van der Waals surface area contributed by atoms with Gasteiger partial charge in [-0.1, -0.05) is 37.3 Å². The van der Waals surface area contributed by atoms with Gasteiger partial charge in [0.15, 0.2) is 0 Å². The predicted molar refractivity (Wildman–Crippen MR) is 107 cm³/mol. The fourth-order valence-electron chi connectivity index (χ4n) is 4.08. The largest absolute Gasteiger partial charge is 0.381 e.